The zero-order valence-electron chi connectivity index (χ0n) is 10.5. The molecule has 0 amide bonds. The van der Waals surface area contributed by atoms with Crippen molar-refractivity contribution in [3.63, 3.8) is 0 Å². The summed E-state index contributed by atoms with van der Waals surface area (Å²) in [6.45, 7) is 0.853. The summed E-state index contributed by atoms with van der Waals surface area (Å²) in [7, 11) is 0. The van der Waals surface area contributed by atoms with E-state index in [-0.39, 0.29) is 12.8 Å². The first-order valence-electron chi connectivity index (χ1n) is 6.20. The van der Waals surface area contributed by atoms with Crippen LogP contribution in [0, 0.1) is 0 Å². The van der Waals surface area contributed by atoms with Crippen molar-refractivity contribution in [3.8, 4) is 11.5 Å². The van der Waals surface area contributed by atoms with E-state index in [4.69, 9.17) is 9.47 Å². The maximum absolute atomic E-state index is 12.1. The van der Waals surface area contributed by atoms with Gasteiger partial charge >= 0.3 is 6.18 Å². The van der Waals surface area contributed by atoms with Crippen LogP contribution in [-0.2, 0) is 0 Å². The molecule has 112 valence electrons. The largest absolute Gasteiger partial charge is 0.486 e. The topological polar surface area (TPSA) is 38.7 Å². The van der Waals surface area contributed by atoms with E-state index >= 15 is 0 Å². The van der Waals surface area contributed by atoms with Crippen molar-refractivity contribution >= 4 is 15.9 Å². The molecule has 0 spiro atoms. The van der Waals surface area contributed by atoms with Crippen LogP contribution < -0.4 is 9.47 Å². The summed E-state index contributed by atoms with van der Waals surface area (Å²) in [6.07, 6.45) is -6.10. The lowest BCUT2D eigenvalue weighted by Crippen LogP contribution is -2.16. The standard InChI is InChI=1S/C13H14BrF3O3/c14-9-6-8(7-11-12(9)20-5-4-19-11)10(18)2-1-3-13(15,16)17/h6-7,10,18H,1-5H2. The van der Waals surface area contributed by atoms with Crippen molar-refractivity contribution in [2.45, 2.75) is 31.5 Å². The number of rotatable bonds is 4. The van der Waals surface area contributed by atoms with Crippen LogP contribution in [0.15, 0.2) is 16.6 Å². The van der Waals surface area contributed by atoms with Gasteiger partial charge in [-0.2, -0.15) is 13.2 Å². The van der Waals surface area contributed by atoms with Gasteiger partial charge in [-0.25, -0.2) is 0 Å². The lowest BCUT2D eigenvalue weighted by molar-refractivity contribution is -0.136. The number of fused-ring (bicyclic) bond motifs is 1. The molecule has 0 aliphatic carbocycles. The van der Waals surface area contributed by atoms with E-state index in [9.17, 15) is 18.3 Å². The summed E-state index contributed by atoms with van der Waals surface area (Å²) in [6, 6.07) is 3.25. The molecule has 0 bridgehead atoms. The number of aliphatic hydroxyl groups is 1. The van der Waals surface area contributed by atoms with Crippen LogP contribution in [0.25, 0.3) is 0 Å². The van der Waals surface area contributed by atoms with Crippen LogP contribution in [0.2, 0.25) is 0 Å². The smallest absolute Gasteiger partial charge is 0.389 e. The van der Waals surface area contributed by atoms with Crippen LogP contribution in [0.5, 0.6) is 11.5 Å². The number of halogens is 4. The maximum atomic E-state index is 12.1. The normalized spacial score (nSPS) is 16.1. The van der Waals surface area contributed by atoms with Gasteiger partial charge in [-0.05, 0) is 46.5 Å². The summed E-state index contributed by atoms with van der Waals surface area (Å²) >= 11 is 3.30. The van der Waals surface area contributed by atoms with Crippen LogP contribution in [0.4, 0.5) is 13.2 Å². The van der Waals surface area contributed by atoms with Crippen molar-refractivity contribution < 1.29 is 27.8 Å². The first kappa shape index (κ1) is 15.4. The molecular formula is C13H14BrF3O3. The summed E-state index contributed by atoms with van der Waals surface area (Å²) < 4.78 is 47.7. The van der Waals surface area contributed by atoms with Gasteiger partial charge in [0, 0.05) is 6.42 Å². The highest BCUT2D eigenvalue weighted by atomic mass is 79.9. The number of hydrogen-bond acceptors (Lipinski definition) is 3. The minimum atomic E-state index is -4.19. The fourth-order valence-corrected chi connectivity index (χ4v) is 2.56. The molecule has 3 nitrogen and oxygen atoms in total. The monoisotopic (exact) mass is 354 g/mol. The van der Waals surface area contributed by atoms with E-state index < -0.39 is 18.7 Å². The number of aliphatic hydroxyl groups excluding tert-OH is 1. The Kier molecular flexibility index (Phi) is 4.80. The zero-order chi connectivity index (χ0) is 14.8. The third-order valence-electron chi connectivity index (χ3n) is 2.94. The van der Waals surface area contributed by atoms with Crippen molar-refractivity contribution in [2.75, 3.05) is 13.2 Å². The highest BCUT2D eigenvalue weighted by molar-refractivity contribution is 9.10. The van der Waals surface area contributed by atoms with E-state index in [1.807, 2.05) is 0 Å². The highest BCUT2D eigenvalue weighted by Gasteiger charge is 2.27. The van der Waals surface area contributed by atoms with Crippen molar-refractivity contribution in [1.29, 1.82) is 0 Å². The van der Waals surface area contributed by atoms with Gasteiger partial charge in [-0.1, -0.05) is 0 Å². The summed E-state index contributed by atoms with van der Waals surface area (Å²) in [5, 5.41) is 9.96. The molecule has 0 radical (unpaired) electrons. The highest BCUT2D eigenvalue weighted by Crippen LogP contribution is 2.40. The Labute approximate surface area is 122 Å². The molecule has 1 aliphatic rings. The van der Waals surface area contributed by atoms with Crippen molar-refractivity contribution in [2.24, 2.45) is 0 Å². The molecule has 1 N–H and O–H groups in total. The predicted octanol–water partition coefficient (Wildman–Crippen LogP) is 3.99. The van der Waals surface area contributed by atoms with Gasteiger partial charge in [0.05, 0.1) is 10.6 Å². The van der Waals surface area contributed by atoms with E-state index in [1.54, 1.807) is 12.1 Å². The van der Waals surface area contributed by atoms with Crippen LogP contribution >= 0.6 is 15.9 Å². The summed E-state index contributed by atoms with van der Waals surface area (Å²) in [5.41, 5.74) is 0.517. The SMILES string of the molecule is OC(CCCC(F)(F)F)c1cc(Br)c2c(c1)OCCO2. The van der Waals surface area contributed by atoms with Gasteiger partial charge < -0.3 is 14.6 Å². The quantitative estimate of drug-likeness (QED) is 0.888. The minimum Gasteiger partial charge on any atom is -0.486 e. The Hall–Kier alpha value is -0.950. The third kappa shape index (κ3) is 4.02. The van der Waals surface area contributed by atoms with Gasteiger partial charge in [0.25, 0.3) is 0 Å². The first-order valence-corrected chi connectivity index (χ1v) is 7.00. The molecule has 0 fully saturated rings. The summed E-state index contributed by atoms with van der Waals surface area (Å²) in [4.78, 5) is 0. The average Bonchev–Trinajstić information content (AvgIpc) is 2.37. The van der Waals surface area contributed by atoms with Gasteiger partial charge in [0.2, 0.25) is 0 Å². The second-order valence-electron chi connectivity index (χ2n) is 4.55. The molecule has 1 aliphatic heterocycles. The van der Waals surface area contributed by atoms with E-state index in [0.717, 1.165) is 0 Å². The maximum Gasteiger partial charge on any atom is 0.389 e. The number of benzene rings is 1. The van der Waals surface area contributed by atoms with Gasteiger partial charge in [0.15, 0.2) is 11.5 Å². The molecule has 0 aromatic heterocycles. The lowest BCUT2D eigenvalue weighted by Gasteiger charge is -2.21. The second-order valence-corrected chi connectivity index (χ2v) is 5.40. The Morgan fingerprint density at radius 1 is 1.25 bits per heavy atom. The van der Waals surface area contributed by atoms with Gasteiger partial charge in [-0.15, -0.1) is 0 Å². The minimum absolute atomic E-state index is 0.0472. The van der Waals surface area contributed by atoms with Crippen LogP contribution in [0.1, 0.15) is 30.9 Å². The molecule has 1 unspecified atom stereocenters. The first-order chi connectivity index (χ1) is 9.37. The molecule has 1 aromatic rings. The Morgan fingerprint density at radius 2 is 1.95 bits per heavy atom. The Bertz CT molecular complexity index is 477. The number of alkyl halides is 3. The fraction of sp³-hybridized carbons (Fsp3) is 0.538. The molecule has 1 aromatic carbocycles. The van der Waals surface area contributed by atoms with Crippen LogP contribution in [0.3, 0.4) is 0 Å². The molecule has 0 saturated carbocycles. The molecule has 20 heavy (non-hydrogen) atoms. The average molecular weight is 355 g/mol. The van der Waals surface area contributed by atoms with Gasteiger partial charge in [0.1, 0.15) is 13.2 Å². The Balaban J connectivity index is 2.03. The van der Waals surface area contributed by atoms with Crippen molar-refractivity contribution in [3.05, 3.63) is 22.2 Å². The third-order valence-corrected chi connectivity index (χ3v) is 3.53. The van der Waals surface area contributed by atoms with E-state index in [1.165, 1.54) is 0 Å². The summed E-state index contributed by atoms with van der Waals surface area (Å²) in [5.74, 6) is 1.05. The zero-order valence-corrected chi connectivity index (χ0v) is 12.1. The van der Waals surface area contributed by atoms with Crippen molar-refractivity contribution in [1.82, 2.24) is 0 Å². The molecule has 2 rings (SSSR count). The predicted molar refractivity (Wildman–Crippen MR) is 70.0 cm³/mol. The molecule has 0 saturated heterocycles. The number of ether oxygens (including phenoxy) is 2. The molecule has 7 heteroatoms. The second kappa shape index (κ2) is 6.22. The van der Waals surface area contributed by atoms with E-state index in [2.05, 4.69) is 15.9 Å². The molecule has 1 heterocycles. The lowest BCUT2D eigenvalue weighted by atomic mass is 10.0. The Morgan fingerprint density at radius 3 is 2.65 bits per heavy atom. The van der Waals surface area contributed by atoms with Crippen LogP contribution in [-0.4, -0.2) is 24.5 Å². The van der Waals surface area contributed by atoms with Gasteiger partial charge in [-0.3, -0.25) is 0 Å². The number of hydrogen-bond donors (Lipinski definition) is 1. The molecule has 1 atom stereocenters. The fourth-order valence-electron chi connectivity index (χ4n) is 1.99. The van der Waals surface area contributed by atoms with E-state index in [0.29, 0.717) is 34.7 Å². The molecular weight excluding hydrogens is 341 g/mol.